The van der Waals surface area contributed by atoms with Crippen molar-refractivity contribution in [3.63, 3.8) is 0 Å². The Kier molecular flexibility index (Phi) is 4.84. The summed E-state index contributed by atoms with van der Waals surface area (Å²) < 4.78 is 5.23. The zero-order chi connectivity index (χ0) is 10.4. The van der Waals surface area contributed by atoms with Gasteiger partial charge in [0.2, 0.25) is 0 Å². The number of ether oxygens (including phenoxy) is 1. The van der Waals surface area contributed by atoms with E-state index in [1.54, 1.807) is 11.3 Å². The van der Waals surface area contributed by atoms with Crippen LogP contribution in [0.25, 0.3) is 5.57 Å². The molecule has 0 saturated carbocycles. The van der Waals surface area contributed by atoms with Crippen LogP contribution in [-0.4, -0.2) is 18.2 Å². The van der Waals surface area contributed by atoms with Gasteiger partial charge in [-0.2, -0.15) is 0 Å². The molecule has 2 rings (SSSR count). The Morgan fingerprint density at radius 2 is 2.21 bits per heavy atom. The summed E-state index contributed by atoms with van der Waals surface area (Å²) in [4.78, 5) is 4.43. The molecule has 0 bridgehead atoms. The van der Waals surface area contributed by atoms with Crippen molar-refractivity contribution in [3.05, 3.63) is 22.2 Å². The Bertz CT molecular complexity index is 304. The van der Waals surface area contributed by atoms with Crippen molar-refractivity contribution in [2.75, 3.05) is 13.2 Å². The second kappa shape index (κ2) is 5.94. The largest absolute Gasteiger partial charge is 0.377 e. The van der Waals surface area contributed by atoms with Crippen molar-refractivity contribution in [1.29, 1.82) is 0 Å². The highest BCUT2D eigenvalue weighted by Crippen LogP contribution is 2.23. The van der Waals surface area contributed by atoms with Gasteiger partial charge in [0.15, 0.2) is 0 Å². The molecule has 1 aliphatic heterocycles. The van der Waals surface area contributed by atoms with Crippen LogP contribution >= 0.6 is 11.3 Å². The molecule has 0 atom stereocenters. The number of aromatic nitrogens is 1. The fourth-order valence-electron chi connectivity index (χ4n) is 1.22. The first-order valence-corrected chi connectivity index (χ1v) is 5.93. The van der Waals surface area contributed by atoms with Gasteiger partial charge >= 0.3 is 0 Å². The Balaban J connectivity index is 0.000000461. The summed E-state index contributed by atoms with van der Waals surface area (Å²) >= 11 is 1.72. The third kappa shape index (κ3) is 2.93. The first-order valence-electron chi connectivity index (χ1n) is 5.05. The van der Waals surface area contributed by atoms with Crippen molar-refractivity contribution >= 4 is 16.9 Å². The standard InChI is InChI=1S/C9H11NOS.C2H6/c1-7-6-12-9(10-7)8-2-4-11-5-3-8;1-2/h2,6H,3-5H2,1H3;1-2H3. The second-order valence-corrected chi connectivity index (χ2v) is 3.71. The predicted molar refractivity (Wildman–Crippen MR) is 61.6 cm³/mol. The lowest BCUT2D eigenvalue weighted by Gasteiger charge is -2.10. The van der Waals surface area contributed by atoms with E-state index in [0.717, 1.165) is 30.3 Å². The Morgan fingerprint density at radius 3 is 2.71 bits per heavy atom. The molecule has 1 aromatic heterocycles. The average Bonchev–Trinajstić information content (AvgIpc) is 2.69. The molecule has 2 nitrogen and oxygen atoms in total. The van der Waals surface area contributed by atoms with E-state index in [9.17, 15) is 0 Å². The number of nitrogens with zero attached hydrogens (tertiary/aromatic N) is 1. The molecule has 0 radical (unpaired) electrons. The molecule has 78 valence electrons. The molecule has 0 fully saturated rings. The maximum absolute atomic E-state index is 5.23. The molecule has 1 aromatic rings. The van der Waals surface area contributed by atoms with Gasteiger partial charge in [0.05, 0.1) is 13.2 Å². The van der Waals surface area contributed by atoms with Gasteiger partial charge in [-0.3, -0.25) is 0 Å². The van der Waals surface area contributed by atoms with E-state index in [2.05, 4.69) is 16.4 Å². The number of hydrogen-bond donors (Lipinski definition) is 0. The summed E-state index contributed by atoms with van der Waals surface area (Å²) in [6, 6.07) is 0. The predicted octanol–water partition coefficient (Wildman–Crippen LogP) is 3.28. The molecule has 0 unspecified atom stereocenters. The zero-order valence-electron chi connectivity index (χ0n) is 9.04. The van der Waals surface area contributed by atoms with Crippen LogP contribution in [0.4, 0.5) is 0 Å². The quantitative estimate of drug-likeness (QED) is 0.711. The van der Waals surface area contributed by atoms with Crippen LogP contribution in [0, 0.1) is 6.92 Å². The molecule has 0 aromatic carbocycles. The lowest BCUT2D eigenvalue weighted by molar-refractivity contribution is 0.161. The summed E-state index contributed by atoms with van der Waals surface area (Å²) in [5, 5.41) is 3.25. The van der Waals surface area contributed by atoms with E-state index in [1.165, 1.54) is 5.57 Å². The fourth-order valence-corrected chi connectivity index (χ4v) is 2.09. The van der Waals surface area contributed by atoms with Crippen molar-refractivity contribution in [3.8, 4) is 0 Å². The number of rotatable bonds is 1. The van der Waals surface area contributed by atoms with Crippen molar-refractivity contribution in [1.82, 2.24) is 4.98 Å². The summed E-state index contributed by atoms with van der Waals surface area (Å²) in [7, 11) is 0. The smallest absolute Gasteiger partial charge is 0.119 e. The fraction of sp³-hybridized carbons (Fsp3) is 0.545. The molecule has 0 aliphatic carbocycles. The van der Waals surface area contributed by atoms with Gasteiger partial charge in [-0.25, -0.2) is 4.98 Å². The SMILES string of the molecule is CC.Cc1csc(C2=CCOCC2)n1. The molecular weight excluding hydrogens is 194 g/mol. The topological polar surface area (TPSA) is 22.1 Å². The van der Waals surface area contributed by atoms with Crippen molar-refractivity contribution in [2.24, 2.45) is 0 Å². The number of thiazole rings is 1. The van der Waals surface area contributed by atoms with E-state index in [1.807, 2.05) is 20.8 Å². The lowest BCUT2D eigenvalue weighted by Crippen LogP contribution is -2.03. The molecule has 0 N–H and O–H groups in total. The first-order chi connectivity index (χ1) is 6.86. The van der Waals surface area contributed by atoms with Crippen LogP contribution in [0.3, 0.4) is 0 Å². The monoisotopic (exact) mass is 211 g/mol. The molecule has 2 heterocycles. The second-order valence-electron chi connectivity index (χ2n) is 2.85. The van der Waals surface area contributed by atoms with Gasteiger partial charge in [0.1, 0.15) is 5.01 Å². The molecule has 0 spiro atoms. The Morgan fingerprint density at radius 1 is 1.43 bits per heavy atom. The van der Waals surface area contributed by atoms with Crippen molar-refractivity contribution in [2.45, 2.75) is 27.2 Å². The minimum atomic E-state index is 0.744. The number of aryl methyl sites for hydroxylation is 1. The molecular formula is C11H17NOS. The molecule has 3 heteroatoms. The highest BCUT2D eigenvalue weighted by Gasteiger charge is 2.08. The van der Waals surface area contributed by atoms with Gasteiger partial charge in [-0.1, -0.05) is 19.9 Å². The lowest BCUT2D eigenvalue weighted by atomic mass is 10.2. The van der Waals surface area contributed by atoms with E-state index < -0.39 is 0 Å². The van der Waals surface area contributed by atoms with Crippen LogP contribution in [0.2, 0.25) is 0 Å². The van der Waals surface area contributed by atoms with Gasteiger partial charge in [0, 0.05) is 11.1 Å². The van der Waals surface area contributed by atoms with Crippen LogP contribution in [-0.2, 0) is 4.74 Å². The number of hydrogen-bond acceptors (Lipinski definition) is 3. The Labute approximate surface area is 89.6 Å². The minimum absolute atomic E-state index is 0.744. The minimum Gasteiger partial charge on any atom is -0.377 e. The van der Waals surface area contributed by atoms with Crippen LogP contribution in [0.5, 0.6) is 0 Å². The van der Waals surface area contributed by atoms with E-state index in [-0.39, 0.29) is 0 Å². The maximum Gasteiger partial charge on any atom is 0.119 e. The third-order valence-electron chi connectivity index (χ3n) is 1.86. The Hall–Kier alpha value is -0.670. The zero-order valence-corrected chi connectivity index (χ0v) is 9.86. The first kappa shape index (κ1) is 11.4. The molecule has 14 heavy (non-hydrogen) atoms. The van der Waals surface area contributed by atoms with Crippen LogP contribution in [0.1, 0.15) is 31.0 Å². The highest BCUT2D eigenvalue weighted by atomic mass is 32.1. The normalized spacial score (nSPS) is 15.5. The van der Waals surface area contributed by atoms with E-state index in [4.69, 9.17) is 4.74 Å². The maximum atomic E-state index is 5.23. The molecule has 1 aliphatic rings. The average molecular weight is 211 g/mol. The van der Waals surface area contributed by atoms with Crippen LogP contribution < -0.4 is 0 Å². The summed E-state index contributed by atoms with van der Waals surface area (Å²) in [5.74, 6) is 0. The van der Waals surface area contributed by atoms with Gasteiger partial charge < -0.3 is 4.74 Å². The molecule has 0 amide bonds. The van der Waals surface area contributed by atoms with Crippen LogP contribution in [0.15, 0.2) is 11.5 Å². The van der Waals surface area contributed by atoms with Gasteiger partial charge in [0.25, 0.3) is 0 Å². The summed E-state index contributed by atoms with van der Waals surface area (Å²) in [6.07, 6.45) is 3.13. The van der Waals surface area contributed by atoms with Crippen molar-refractivity contribution < 1.29 is 4.74 Å². The third-order valence-corrected chi connectivity index (χ3v) is 2.89. The summed E-state index contributed by atoms with van der Waals surface area (Å²) in [5.41, 5.74) is 2.46. The van der Waals surface area contributed by atoms with Gasteiger partial charge in [-0.05, 0) is 18.9 Å². The van der Waals surface area contributed by atoms with Gasteiger partial charge in [-0.15, -0.1) is 11.3 Å². The molecule has 0 saturated heterocycles. The summed E-state index contributed by atoms with van der Waals surface area (Å²) in [6.45, 7) is 7.61. The van der Waals surface area contributed by atoms with E-state index in [0.29, 0.717) is 0 Å². The highest BCUT2D eigenvalue weighted by molar-refractivity contribution is 7.10. The van der Waals surface area contributed by atoms with E-state index >= 15 is 0 Å².